The summed E-state index contributed by atoms with van der Waals surface area (Å²) in [5.74, 6) is -0.198. The lowest BCUT2D eigenvalue weighted by atomic mass is 9.99. The molecule has 70 heavy (non-hydrogen) atoms. The number of amides is 1. The molecule has 9 heteroatoms. The van der Waals surface area contributed by atoms with Gasteiger partial charge < -0.3 is 40.3 Å². The van der Waals surface area contributed by atoms with Crippen LogP contribution in [0.2, 0.25) is 0 Å². The van der Waals surface area contributed by atoms with Gasteiger partial charge in [-0.2, -0.15) is 0 Å². The Morgan fingerprint density at radius 3 is 1.37 bits per heavy atom. The Bertz CT molecular complexity index is 1510. The third-order valence-corrected chi connectivity index (χ3v) is 12.3. The van der Waals surface area contributed by atoms with Crippen molar-refractivity contribution >= 4 is 5.91 Å². The van der Waals surface area contributed by atoms with Crippen LogP contribution in [0.15, 0.2) is 122 Å². The molecule has 7 atom stereocenters. The van der Waals surface area contributed by atoms with Crippen LogP contribution in [0.4, 0.5) is 0 Å². The summed E-state index contributed by atoms with van der Waals surface area (Å²) in [6, 6.07) is -0.831. The quantitative estimate of drug-likeness (QED) is 0.0261. The summed E-state index contributed by atoms with van der Waals surface area (Å²) in [5.41, 5.74) is 0. The predicted molar refractivity (Wildman–Crippen MR) is 294 cm³/mol. The maximum atomic E-state index is 13.0. The third kappa shape index (κ3) is 38.3. The normalized spacial score (nSPS) is 20.4. The average Bonchev–Trinajstić information content (AvgIpc) is 3.36. The molecule has 398 valence electrons. The number of rotatable bonds is 45. The largest absolute Gasteiger partial charge is 0.394 e. The van der Waals surface area contributed by atoms with Crippen molar-refractivity contribution in [2.45, 2.75) is 243 Å². The molecule has 1 aliphatic rings. The number of nitrogens with one attached hydrogen (secondary N) is 1. The molecule has 1 fully saturated rings. The monoisotopic (exact) mass is 976 g/mol. The van der Waals surface area contributed by atoms with Gasteiger partial charge in [-0.3, -0.25) is 4.79 Å². The van der Waals surface area contributed by atoms with Crippen LogP contribution in [0, 0.1) is 0 Å². The summed E-state index contributed by atoms with van der Waals surface area (Å²) < 4.78 is 11.2. The first-order valence-electron chi connectivity index (χ1n) is 27.8. The standard InChI is InChI=1S/C61H101NO8/c1-3-5-7-9-11-13-15-17-18-19-20-21-22-23-24-25-26-27-28-29-30-31-32-33-34-35-36-37-38-39-41-43-45-47-49-51-57(65)62-54(53-69-61-60(68)59(67)58(66)56(52-63)70-61)55(64)50-48-46-44-42-40-16-14-12-10-8-6-4-2/h5,7,11,13,17-18,20-21,23-24,26-27,29-30,32-33,40,42,48,50,54-56,58-61,63-64,66-68H,3-4,6,8-10,12,14-16,19,22,25,28,31,34-39,41,43-47,49,51-53H2,1-2H3,(H,62,65)/b7-5-,13-11-,18-17-,21-20-,24-23-,27-26-,30-29-,33-32-,42-40+,50-48+. The fourth-order valence-electron chi connectivity index (χ4n) is 7.89. The Labute approximate surface area is 427 Å². The fourth-order valence-corrected chi connectivity index (χ4v) is 7.89. The molecule has 0 aromatic carbocycles. The van der Waals surface area contributed by atoms with E-state index in [-0.39, 0.29) is 12.5 Å². The molecule has 1 heterocycles. The molecule has 0 saturated carbocycles. The molecular formula is C61H101NO8. The molecule has 0 bridgehead atoms. The van der Waals surface area contributed by atoms with E-state index in [1.165, 1.54) is 77.0 Å². The Morgan fingerprint density at radius 2 is 0.900 bits per heavy atom. The number of carbonyl (C=O) groups is 1. The predicted octanol–water partition coefficient (Wildman–Crippen LogP) is 13.6. The molecule has 0 aromatic heterocycles. The van der Waals surface area contributed by atoms with Crippen LogP contribution in [0.25, 0.3) is 0 Å². The number of hydrogen-bond acceptors (Lipinski definition) is 8. The molecule has 1 saturated heterocycles. The highest BCUT2D eigenvalue weighted by molar-refractivity contribution is 5.76. The zero-order chi connectivity index (χ0) is 50.8. The van der Waals surface area contributed by atoms with Crippen molar-refractivity contribution < 1.29 is 39.8 Å². The number of aliphatic hydroxyl groups excluding tert-OH is 5. The first-order valence-corrected chi connectivity index (χ1v) is 27.8. The smallest absolute Gasteiger partial charge is 0.220 e. The van der Waals surface area contributed by atoms with Crippen molar-refractivity contribution in [2.24, 2.45) is 0 Å². The van der Waals surface area contributed by atoms with Crippen molar-refractivity contribution in [2.75, 3.05) is 13.2 Å². The second kappa shape index (κ2) is 49.2. The first kappa shape index (κ1) is 64.6. The molecule has 1 aliphatic heterocycles. The highest BCUT2D eigenvalue weighted by atomic mass is 16.7. The highest BCUT2D eigenvalue weighted by Crippen LogP contribution is 2.22. The van der Waals surface area contributed by atoms with Gasteiger partial charge in [0.2, 0.25) is 5.91 Å². The lowest BCUT2D eigenvalue weighted by Gasteiger charge is -2.40. The Hall–Kier alpha value is -3.41. The van der Waals surface area contributed by atoms with E-state index < -0.39 is 49.5 Å². The third-order valence-electron chi connectivity index (χ3n) is 12.3. The minimum atomic E-state index is -1.58. The summed E-state index contributed by atoms with van der Waals surface area (Å²) in [4.78, 5) is 13.0. The van der Waals surface area contributed by atoms with Crippen molar-refractivity contribution in [3.8, 4) is 0 Å². The molecule has 0 aliphatic carbocycles. The Balaban J connectivity index is 2.18. The van der Waals surface area contributed by atoms with Gasteiger partial charge in [0.05, 0.1) is 25.4 Å². The molecule has 9 nitrogen and oxygen atoms in total. The summed E-state index contributed by atoms with van der Waals surface area (Å²) in [6.07, 6.45) is 66.9. The second-order valence-electron chi connectivity index (χ2n) is 18.6. The van der Waals surface area contributed by atoms with E-state index in [2.05, 4.69) is 129 Å². The van der Waals surface area contributed by atoms with E-state index in [0.717, 1.165) is 103 Å². The van der Waals surface area contributed by atoms with Gasteiger partial charge in [0.15, 0.2) is 6.29 Å². The van der Waals surface area contributed by atoms with E-state index in [0.29, 0.717) is 6.42 Å². The summed E-state index contributed by atoms with van der Waals surface area (Å²) in [7, 11) is 0. The van der Waals surface area contributed by atoms with Gasteiger partial charge in [0.25, 0.3) is 0 Å². The van der Waals surface area contributed by atoms with Gasteiger partial charge in [0.1, 0.15) is 24.4 Å². The molecule has 0 aromatic rings. The highest BCUT2D eigenvalue weighted by Gasteiger charge is 2.44. The molecule has 0 radical (unpaired) electrons. The maximum Gasteiger partial charge on any atom is 0.220 e. The number of unbranched alkanes of at least 4 members (excludes halogenated alkanes) is 17. The zero-order valence-electron chi connectivity index (χ0n) is 44.0. The van der Waals surface area contributed by atoms with Gasteiger partial charge in [-0.1, -0.05) is 219 Å². The van der Waals surface area contributed by atoms with Gasteiger partial charge in [-0.05, 0) is 96.3 Å². The van der Waals surface area contributed by atoms with Crippen LogP contribution in [0.5, 0.6) is 0 Å². The van der Waals surface area contributed by atoms with Gasteiger partial charge in [-0.25, -0.2) is 0 Å². The number of carbonyl (C=O) groups excluding carboxylic acids is 1. The van der Waals surface area contributed by atoms with Gasteiger partial charge in [0, 0.05) is 6.42 Å². The molecule has 0 spiro atoms. The van der Waals surface area contributed by atoms with Crippen molar-refractivity contribution in [1.29, 1.82) is 0 Å². The second-order valence-corrected chi connectivity index (χ2v) is 18.6. The summed E-state index contributed by atoms with van der Waals surface area (Å²) >= 11 is 0. The van der Waals surface area contributed by atoms with Gasteiger partial charge in [-0.15, -0.1) is 0 Å². The van der Waals surface area contributed by atoms with E-state index in [1.807, 2.05) is 6.08 Å². The fraction of sp³-hybridized carbons (Fsp3) is 0.656. The summed E-state index contributed by atoms with van der Waals surface area (Å²) in [6.45, 7) is 3.61. The molecule has 6 N–H and O–H groups in total. The lowest BCUT2D eigenvalue weighted by Crippen LogP contribution is -2.60. The van der Waals surface area contributed by atoms with Crippen molar-refractivity contribution in [3.63, 3.8) is 0 Å². The van der Waals surface area contributed by atoms with E-state index in [9.17, 15) is 30.3 Å². The van der Waals surface area contributed by atoms with Gasteiger partial charge >= 0.3 is 0 Å². The van der Waals surface area contributed by atoms with Crippen LogP contribution in [-0.4, -0.2) is 87.5 Å². The molecule has 1 rings (SSSR count). The first-order chi connectivity index (χ1) is 34.3. The van der Waals surface area contributed by atoms with Crippen molar-refractivity contribution in [3.05, 3.63) is 122 Å². The maximum absolute atomic E-state index is 13.0. The number of hydrogen-bond donors (Lipinski definition) is 6. The molecule has 7 unspecified atom stereocenters. The Morgan fingerprint density at radius 1 is 0.500 bits per heavy atom. The van der Waals surface area contributed by atoms with Crippen molar-refractivity contribution in [1.82, 2.24) is 5.32 Å². The van der Waals surface area contributed by atoms with Crippen LogP contribution in [0.3, 0.4) is 0 Å². The van der Waals surface area contributed by atoms with Crippen LogP contribution in [-0.2, 0) is 14.3 Å². The molecular weight excluding hydrogens is 875 g/mol. The number of ether oxygens (including phenoxy) is 2. The number of allylic oxidation sites excluding steroid dienone is 19. The van der Waals surface area contributed by atoms with E-state index >= 15 is 0 Å². The zero-order valence-corrected chi connectivity index (χ0v) is 44.0. The SMILES string of the molecule is CC/C=C\C/C=C\C/C=C\C/C=C\C/C=C\C/C=C\C/C=C\C/C=C\CCCCCCCCCCCCC(=O)NC(COC1OC(CO)C(O)C(O)C1O)C(O)/C=C/CC/C=C/CCCCCCCC. The lowest BCUT2D eigenvalue weighted by molar-refractivity contribution is -0.302. The number of aliphatic hydroxyl groups is 5. The minimum Gasteiger partial charge on any atom is -0.394 e. The van der Waals surface area contributed by atoms with E-state index in [1.54, 1.807) is 6.08 Å². The minimum absolute atomic E-state index is 0.198. The topological polar surface area (TPSA) is 149 Å². The van der Waals surface area contributed by atoms with Crippen LogP contribution < -0.4 is 5.32 Å². The van der Waals surface area contributed by atoms with Crippen LogP contribution in [0.1, 0.15) is 200 Å². The summed E-state index contributed by atoms with van der Waals surface area (Å²) in [5, 5.41) is 54.3. The van der Waals surface area contributed by atoms with E-state index in [4.69, 9.17) is 9.47 Å². The molecule has 1 amide bonds. The van der Waals surface area contributed by atoms with Crippen LogP contribution >= 0.6 is 0 Å². The Kier molecular flexibility index (Phi) is 45.4. The average molecular weight is 976 g/mol.